The van der Waals surface area contributed by atoms with Gasteiger partial charge in [-0.3, -0.25) is 0 Å². The maximum absolute atomic E-state index is 10.5. The van der Waals surface area contributed by atoms with Gasteiger partial charge in [-0.05, 0) is 30.9 Å². The molecular formula is C22H22F3N3O3. The highest BCUT2D eigenvalue weighted by atomic mass is 19.4. The van der Waals surface area contributed by atoms with Crippen LogP contribution >= 0.6 is 0 Å². The largest absolute Gasteiger partial charge is 0.542 e. The van der Waals surface area contributed by atoms with Crippen LogP contribution in [0.5, 0.6) is 0 Å². The lowest BCUT2D eigenvalue weighted by Gasteiger charge is -2.17. The molecule has 2 fully saturated rings. The van der Waals surface area contributed by atoms with E-state index in [1.54, 1.807) is 0 Å². The SMILES string of the molecule is O=C([O-])C(F)(F)F.[2H]C1([2H])N(c2ccc3nc4ccc(=[N+]5C([2H])([2H])C([2H])([2H])C([2H])([2H])C5([2H])[2H])cc-4oc3c2)C([2H])([2H])C([2H])([2H])C1([2H])[2H]. The Kier molecular flexibility index (Phi) is 2.54. The molecule has 1 aromatic rings. The number of hydrogen-bond donors (Lipinski definition) is 0. The van der Waals surface area contributed by atoms with E-state index in [-0.39, 0.29) is 33.6 Å². The van der Waals surface area contributed by atoms with Crippen molar-refractivity contribution in [2.24, 2.45) is 0 Å². The van der Waals surface area contributed by atoms with E-state index in [0.717, 1.165) is 12.1 Å². The van der Waals surface area contributed by atoms with Crippen LogP contribution < -0.4 is 19.9 Å². The zero-order chi connectivity index (χ0) is 36.4. The van der Waals surface area contributed by atoms with Crippen LogP contribution in [0.2, 0.25) is 0 Å². The fourth-order valence-corrected chi connectivity index (χ4v) is 2.53. The quantitative estimate of drug-likeness (QED) is 0.421. The number of fused-ring (bicyclic) bond motifs is 2. The van der Waals surface area contributed by atoms with Gasteiger partial charge in [-0.15, -0.1) is 0 Å². The van der Waals surface area contributed by atoms with E-state index in [0.29, 0.717) is 9.48 Å². The van der Waals surface area contributed by atoms with E-state index in [2.05, 4.69) is 4.98 Å². The number of carbonyl (C=O) groups excluding carboxylic acids is 1. The number of aromatic nitrogens is 1. The summed E-state index contributed by atoms with van der Waals surface area (Å²) in [4.78, 5) is 13.5. The van der Waals surface area contributed by atoms with Crippen LogP contribution in [0.4, 0.5) is 18.9 Å². The first-order chi connectivity index (χ1) is 20.8. The number of alkyl halides is 3. The van der Waals surface area contributed by atoms with E-state index in [9.17, 15) is 13.2 Å². The molecule has 9 heteroatoms. The molecule has 4 aliphatic rings. The molecule has 0 atom stereocenters. The molecule has 1 aromatic carbocycles. The van der Waals surface area contributed by atoms with Gasteiger partial charge in [0.2, 0.25) is 5.36 Å². The number of benzene rings is 2. The molecule has 0 aromatic heterocycles. The smallest absolute Gasteiger partial charge is 0.430 e. The third-order valence-electron chi connectivity index (χ3n) is 3.89. The van der Waals surface area contributed by atoms with Gasteiger partial charge in [-0.2, -0.15) is 13.2 Å². The van der Waals surface area contributed by atoms with Crippen LogP contribution in [0.3, 0.4) is 0 Å². The predicted molar refractivity (Wildman–Crippen MR) is 107 cm³/mol. The number of halogens is 3. The minimum absolute atomic E-state index is 0.0834. The number of carboxylic acids is 1. The summed E-state index contributed by atoms with van der Waals surface area (Å²) in [6, 6.07) is 7.39. The average Bonchev–Trinajstić information content (AvgIpc) is 3.02. The molecule has 31 heavy (non-hydrogen) atoms. The standard InChI is InChI=1S/C20H22N3O.C2HF3O2/c1-2-10-22(9-1)15-5-7-17-19(13-15)24-20-14-16(6-8-18(20)21-17)23-11-3-4-12-23;3-2(4,5)1(6)7/h5-8,13-14H,1-4,9-12H2;(H,6,7)/q+1;/p-1/i1D2,2D2,3D2,4D2,9D2,10D2,11D2,12D2;. The Labute approximate surface area is 199 Å². The maximum Gasteiger partial charge on any atom is 0.430 e. The van der Waals surface area contributed by atoms with E-state index < -0.39 is 63.6 Å². The summed E-state index contributed by atoms with van der Waals surface area (Å²) < 4.78 is 168. The minimum atomic E-state index is -5.19. The number of carboxylic acid groups (broad SMARTS) is 1. The molecule has 0 bridgehead atoms. The highest BCUT2D eigenvalue weighted by Gasteiger charge is 2.28. The molecular weight excluding hydrogens is 411 g/mol. The summed E-state index contributed by atoms with van der Waals surface area (Å²) in [7, 11) is 0. The molecule has 164 valence electrons. The fourth-order valence-electron chi connectivity index (χ4n) is 2.53. The molecule has 0 saturated carbocycles. The monoisotopic (exact) mass is 449 g/mol. The topological polar surface area (TPSA) is 72.4 Å². The second-order valence-electron chi connectivity index (χ2n) is 5.92. The molecule has 3 heterocycles. The van der Waals surface area contributed by atoms with Gasteiger partial charge in [-0.25, -0.2) is 9.56 Å². The Bertz CT molecular complexity index is 1750. The van der Waals surface area contributed by atoms with Gasteiger partial charge in [0.25, 0.3) is 0 Å². The number of carbonyl (C=O) groups is 1. The van der Waals surface area contributed by atoms with Gasteiger partial charge in [0.1, 0.15) is 35.7 Å². The molecule has 0 spiro atoms. The van der Waals surface area contributed by atoms with E-state index >= 15 is 0 Å². The van der Waals surface area contributed by atoms with Crippen molar-refractivity contribution in [1.82, 2.24) is 9.56 Å². The second kappa shape index (κ2) is 8.56. The van der Waals surface area contributed by atoms with E-state index in [1.807, 2.05) is 0 Å². The number of nitrogens with zero attached hydrogens (tertiary/aromatic N) is 3. The molecule has 0 amide bonds. The number of hydrogen-bond acceptors (Lipinski definition) is 5. The molecule has 0 N–H and O–H groups in total. The molecule has 0 unspecified atom stereocenters. The third kappa shape index (κ3) is 4.81. The highest BCUT2D eigenvalue weighted by molar-refractivity contribution is 5.80. The van der Waals surface area contributed by atoms with Gasteiger partial charge in [0, 0.05) is 60.0 Å². The Balaban J connectivity index is 0.000000644. The zero-order valence-electron chi connectivity index (χ0n) is 31.2. The van der Waals surface area contributed by atoms with Gasteiger partial charge in [0.05, 0.1) is 6.07 Å². The van der Waals surface area contributed by atoms with Gasteiger partial charge in [-0.1, -0.05) is 0 Å². The van der Waals surface area contributed by atoms with Gasteiger partial charge < -0.3 is 19.2 Å². The van der Waals surface area contributed by atoms with Gasteiger partial charge in [0.15, 0.2) is 11.3 Å². The van der Waals surface area contributed by atoms with Crippen LogP contribution in [-0.2, 0) is 4.79 Å². The third-order valence-corrected chi connectivity index (χ3v) is 3.89. The van der Waals surface area contributed by atoms with E-state index in [4.69, 9.17) is 36.3 Å². The Morgan fingerprint density at radius 2 is 1.77 bits per heavy atom. The van der Waals surface area contributed by atoms with Crippen molar-refractivity contribution in [2.75, 3.05) is 30.9 Å². The van der Waals surface area contributed by atoms with Crippen molar-refractivity contribution in [3.8, 4) is 11.5 Å². The van der Waals surface area contributed by atoms with Crippen molar-refractivity contribution >= 4 is 22.8 Å². The first kappa shape index (κ1) is 9.18. The molecule has 2 saturated heterocycles. The van der Waals surface area contributed by atoms with Crippen LogP contribution in [0.25, 0.3) is 22.6 Å². The summed E-state index contributed by atoms with van der Waals surface area (Å²) in [6.45, 7) is -12.5. The summed E-state index contributed by atoms with van der Waals surface area (Å²) in [5.41, 5.74) is 0.0342. The lowest BCUT2D eigenvalue weighted by molar-refractivity contribution is -0.344. The predicted octanol–water partition coefficient (Wildman–Crippen LogP) is 2.40. The fraction of sp³-hybridized carbons (Fsp3) is 0.409. The Morgan fingerprint density at radius 3 is 2.42 bits per heavy atom. The second-order valence-corrected chi connectivity index (χ2v) is 5.92. The molecule has 6 nitrogen and oxygen atoms in total. The zero-order valence-corrected chi connectivity index (χ0v) is 15.2. The number of anilines is 1. The minimum Gasteiger partial charge on any atom is -0.542 e. The highest BCUT2D eigenvalue weighted by Crippen LogP contribution is 2.28. The van der Waals surface area contributed by atoms with Crippen molar-refractivity contribution < 1.29 is 49.4 Å². The number of aliphatic carboxylic acids is 1. The summed E-state index contributed by atoms with van der Waals surface area (Å²) in [5, 5.41) is 8.52. The first-order valence-corrected chi connectivity index (χ1v) is 8.40. The Hall–Kier alpha value is -3.10. The lowest BCUT2D eigenvalue weighted by Crippen LogP contribution is -2.37. The number of rotatable bonds is 1. The van der Waals surface area contributed by atoms with Gasteiger partial charge >= 0.3 is 6.18 Å². The van der Waals surface area contributed by atoms with Crippen molar-refractivity contribution in [3.05, 3.63) is 41.8 Å². The Morgan fingerprint density at radius 1 is 1.10 bits per heavy atom. The van der Waals surface area contributed by atoms with Crippen LogP contribution in [0, 0.1) is 0 Å². The molecule has 1 aliphatic carbocycles. The van der Waals surface area contributed by atoms with Crippen molar-refractivity contribution in [2.45, 2.75) is 31.7 Å². The molecule has 3 aliphatic heterocycles. The summed E-state index contributed by atoms with van der Waals surface area (Å²) in [5.74, 6) is -3.09. The normalized spacial score (nSPS) is 37.3. The molecule has 5 rings (SSSR count). The van der Waals surface area contributed by atoms with E-state index in [1.165, 1.54) is 24.3 Å². The average molecular weight is 450 g/mol. The summed E-state index contributed by atoms with van der Waals surface area (Å²) >= 11 is 0. The first-order valence-electron chi connectivity index (χ1n) is 16.4. The maximum atomic E-state index is 10.5. The van der Waals surface area contributed by atoms with Crippen LogP contribution in [0.15, 0.2) is 40.8 Å². The van der Waals surface area contributed by atoms with Crippen LogP contribution in [-0.4, -0.2) is 43.1 Å². The molecule has 0 radical (unpaired) electrons. The lowest BCUT2D eigenvalue weighted by atomic mass is 10.2. The van der Waals surface area contributed by atoms with Crippen molar-refractivity contribution in [1.29, 1.82) is 0 Å². The summed E-state index contributed by atoms with van der Waals surface area (Å²) in [6.07, 6.45) is -18.2. The van der Waals surface area contributed by atoms with Crippen LogP contribution in [0.1, 0.15) is 47.4 Å². The van der Waals surface area contributed by atoms with Crippen molar-refractivity contribution in [3.63, 3.8) is 0 Å².